The molecule has 0 bridgehead atoms. The number of likely N-dealkylation sites (N-methyl/N-ethyl adjacent to an activating group) is 1. The van der Waals surface area contributed by atoms with E-state index in [2.05, 4.69) is 44.1 Å². The summed E-state index contributed by atoms with van der Waals surface area (Å²) >= 11 is 0. The molecule has 0 aliphatic heterocycles. The summed E-state index contributed by atoms with van der Waals surface area (Å²) in [4.78, 5) is 2.24. The van der Waals surface area contributed by atoms with Gasteiger partial charge in [-0.1, -0.05) is 51.1 Å². The second kappa shape index (κ2) is 8.04. The van der Waals surface area contributed by atoms with Crippen LogP contribution in [-0.4, -0.2) is 31.6 Å². The molecule has 3 heteroatoms. The van der Waals surface area contributed by atoms with Gasteiger partial charge in [-0.05, 0) is 31.5 Å². The summed E-state index contributed by atoms with van der Waals surface area (Å²) in [5, 5.41) is 13.3. The van der Waals surface area contributed by atoms with E-state index in [1.54, 1.807) is 0 Å². The minimum Gasteiger partial charge on any atom is -0.303 e. The van der Waals surface area contributed by atoms with E-state index in [-0.39, 0.29) is 0 Å². The summed E-state index contributed by atoms with van der Waals surface area (Å²) in [7, 11) is 2.09. The molecule has 110 valence electrons. The van der Waals surface area contributed by atoms with Crippen LogP contribution in [0.1, 0.15) is 32.8 Å². The molecule has 0 fully saturated rings. The van der Waals surface area contributed by atoms with Crippen LogP contribution >= 0.6 is 0 Å². The van der Waals surface area contributed by atoms with E-state index in [1.165, 1.54) is 0 Å². The van der Waals surface area contributed by atoms with Crippen LogP contribution in [0.4, 0.5) is 0 Å². The number of nitriles is 1. The molecule has 0 spiro atoms. The molecule has 0 saturated heterocycles. The van der Waals surface area contributed by atoms with Crippen molar-refractivity contribution in [1.29, 1.82) is 5.26 Å². The fraction of sp³-hybridized carbons (Fsp3) is 0.588. The second-order valence-electron chi connectivity index (χ2n) is 5.90. The van der Waals surface area contributed by atoms with Gasteiger partial charge < -0.3 is 4.90 Å². The third-order valence-electron chi connectivity index (χ3n) is 3.32. The van der Waals surface area contributed by atoms with Crippen LogP contribution in [-0.2, 0) is 5.54 Å². The fourth-order valence-corrected chi connectivity index (χ4v) is 2.54. The molecule has 1 atom stereocenters. The van der Waals surface area contributed by atoms with Gasteiger partial charge in [-0.2, -0.15) is 5.26 Å². The molecule has 1 N–H and O–H groups in total. The first-order chi connectivity index (χ1) is 9.54. The molecule has 0 heterocycles. The molecule has 0 aliphatic carbocycles. The monoisotopic (exact) mass is 273 g/mol. The van der Waals surface area contributed by atoms with Gasteiger partial charge in [-0.15, -0.1) is 0 Å². The van der Waals surface area contributed by atoms with Crippen molar-refractivity contribution in [2.75, 3.05) is 26.7 Å². The van der Waals surface area contributed by atoms with Crippen LogP contribution in [0.3, 0.4) is 0 Å². The maximum absolute atomic E-state index is 9.80. The molecule has 0 aliphatic rings. The van der Waals surface area contributed by atoms with Gasteiger partial charge in [0.15, 0.2) is 0 Å². The van der Waals surface area contributed by atoms with E-state index in [0.29, 0.717) is 12.5 Å². The lowest BCUT2D eigenvalue weighted by molar-refractivity contribution is 0.228. The van der Waals surface area contributed by atoms with E-state index in [1.807, 2.05) is 30.3 Å². The highest BCUT2D eigenvalue weighted by Crippen LogP contribution is 2.22. The summed E-state index contributed by atoms with van der Waals surface area (Å²) < 4.78 is 0. The molecule has 1 rings (SSSR count). The lowest BCUT2D eigenvalue weighted by atomic mass is 9.90. The van der Waals surface area contributed by atoms with Gasteiger partial charge in [0.1, 0.15) is 5.54 Å². The Hall–Kier alpha value is -1.37. The molecule has 1 aromatic rings. The smallest absolute Gasteiger partial charge is 0.145 e. The third kappa shape index (κ3) is 4.63. The van der Waals surface area contributed by atoms with E-state index in [4.69, 9.17) is 0 Å². The van der Waals surface area contributed by atoms with Crippen molar-refractivity contribution in [1.82, 2.24) is 10.2 Å². The van der Waals surface area contributed by atoms with Crippen molar-refractivity contribution >= 4 is 0 Å². The van der Waals surface area contributed by atoms with Crippen LogP contribution in [0.15, 0.2) is 30.3 Å². The number of hydrogen-bond donors (Lipinski definition) is 1. The zero-order valence-corrected chi connectivity index (χ0v) is 13.2. The normalized spacial score (nSPS) is 14.2. The van der Waals surface area contributed by atoms with Gasteiger partial charge in [0.25, 0.3) is 0 Å². The Morgan fingerprint density at radius 3 is 2.45 bits per heavy atom. The minimum atomic E-state index is -0.624. The summed E-state index contributed by atoms with van der Waals surface area (Å²) in [6.07, 6.45) is 1.02. The number of benzene rings is 1. The van der Waals surface area contributed by atoms with Crippen molar-refractivity contribution < 1.29 is 0 Å². The van der Waals surface area contributed by atoms with Gasteiger partial charge >= 0.3 is 0 Å². The Labute approximate surface area is 123 Å². The quantitative estimate of drug-likeness (QED) is 0.791. The molecule has 0 radical (unpaired) electrons. The highest BCUT2D eigenvalue weighted by Gasteiger charge is 2.32. The third-order valence-corrected chi connectivity index (χ3v) is 3.32. The Kier molecular flexibility index (Phi) is 6.70. The van der Waals surface area contributed by atoms with Gasteiger partial charge in [0, 0.05) is 13.1 Å². The van der Waals surface area contributed by atoms with Crippen molar-refractivity contribution in [2.45, 2.75) is 32.7 Å². The van der Waals surface area contributed by atoms with Gasteiger partial charge in [-0.25, -0.2) is 0 Å². The number of hydrogen-bond acceptors (Lipinski definition) is 3. The molecule has 3 nitrogen and oxygen atoms in total. The predicted molar refractivity (Wildman–Crippen MR) is 84.4 cm³/mol. The molecule has 20 heavy (non-hydrogen) atoms. The van der Waals surface area contributed by atoms with Crippen LogP contribution in [0, 0.1) is 17.2 Å². The highest BCUT2D eigenvalue weighted by molar-refractivity contribution is 5.32. The van der Waals surface area contributed by atoms with Crippen molar-refractivity contribution in [3.8, 4) is 6.07 Å². The van der Waals surface area contributed by atoms with Crippen LogP contribution in [0.2, 0.25) is 0 Å². The SMILES string of the molecule is CCCNC(C#N)(CN(C)CC(C)C)c1ccccc1. The molecule has 0 aromatic heterocycles. The average Bonchev–Trinajstić information content (AvgIpc) is 2.43. The summed E-state index contributed by atoms with van der Waals surface area (Å²) in [6, 6.07) is 12.6. The standard InChI is InChI=1S/C17H27N3/c1-5-11-19-17(13-18,14-20(4)12-15(2)3)16-9-7-6-8-10-16/h6-10,15,19H,5,11-12,14H2,1-4H3. The first kappa shape index (κ1) is 16.7. The summed E-state index contributed by atoms with van der Waals surface area (Å²) in [5.74, 6) is 0.596. The molecule has 0 amide bonds. The van der Waals surface area contributed by atoms with Gasteiger partial charge in [-0.3, -0.25) is 5.32 Å². The van der Waals surface area contributed by atoms with Crippen molar-refractivity contribution in [2.24, 2.45) is 5.92 Å². The lowest BCUT2D eigenvalue weighted by Crippen LogP contribution is -2.50. The first-order valence-electron chi connectivity index (χ1n) is 7.44. The average molecular weight is 273 g/mol. The molecule has 0 saturated carbocycles. The van der Waals surface area contributed by atoms with Crippen LogP contribution < -0.4 is 5.32 Å². The minimum absolute atomic E-state index is 0.596. The molecule has 1 unspecified atom stereocenters. The van der Waals surface area contributed by atoms with Crippen LogP contribution in [0.5, 0.6) is 0 Å². The van der Waals surface area contributed by atoms with Crippen molar-refractivity contribution in [3.05, 3.63) is 35.9 Å². The van der Waals surface area contributed by atoms with E-state index in [9.17, 15) is 5.26 Å². The fourth-order valence-electron chi connectivity index (χ4n) is 2.54. The summed E-state index contributed by atoms with van der Waals surface area (Å²) in [6.45, 7) is 9.06. The maximum atomic E-state index is 9.80. The number of nitrogens with zero attached hydrogens (tertiary/aromatic N) is 2. The lowest BCUT2D eigenvalue weighted by Gasteiger charge is -2.33. The zero-order valence-electron chi connectivity index (χ0n) is 13.2. The zero-order chi connectivity index (χ0) is 15.0. The maximum Gasteiger partial charge on any atom is 0.145 e. The van der Waals surface area contributed by atoms with E-state index < -0.39 is 5.54 Å². The highest BCUT2D eigenvalue weighted by atomic mass is 15.1. The number of nitrogens with one attached hydrogen (secondary N) is 1. The van der Waals surface area contributed by atoms with E-state index >= 15 is 0 Å². The topological polar surface area (TPSA) is 39.1 Å². The Morgan fingerprint density at radius 1 is 1.30 bits per heavy atom. The summed E-state index contributed by atoms with van der Waals surface area (Å²) in [5.41, 5.74) is 0.424. The number of rotatable bonds is 8. The van der Waals surface area contributed by atoms with E-state index in [0.717, 1.165) is 25.1 Å². The van der Waals surface area contributed by atoms with Crippen molar-refractivity contribution in [3.63, 3.8) is 0 Å². The van der Waals surface area contributed by atoms with Gasteiger partial charge in [0.05, 0.1) is 6.07 Å². The largest absolute Gasteiger partial charge is 0.303 e. The molecule has 1 aromatic carbocycles. The van der Waals surface area contributed by atoms with Gasteiger partial charge in [0.2, 0.25) is 0 Å². The molecular formula is C17H27N3. The Bertz CT molecular complexity index is 422. The van der Waals surface area contributed by atoms with Crippen LogP contribution in [0.25, 0.3) is 0 Å². The Morgan fingerprint density at radius 2 is 1.95 bits per heavy atom. The molecular weight excluding hydrogens is 246 g/mol. The second-order valence-corrected chi connectivity index (χ2v) is 5.90. The Balaban J connectivity index is 2.97. The predicted octanol–water partition coefficient (Wildman–Crippen LogP) is 2.99. The first-order valence-corrected chi connectivity index (χ1v) is 7.44.